The Labute approximate surface area is 148 Å². The fourth-order valence-electron chi connectivity index (χ4n) is 4.03. The van der Waals surface area contributed by atoms with Crippen LogP contribution in [0, 0.1) is 5.92 Å². The lowest BCUT2D eigenvalue weighted by Crippen LogP contribution is -2.52. The molecule has 0 radical (unpaired) electrons. The van der Waals surface area contributed by atoms with Crippen molar-refractivity contribution in [2.75, 3.05) is 18.4 Å². The molecule has 7 heteroatoms. The molecule has 4 N–H and O–H groups in total. The van der Waals surface area contributed by atoms with E-state index in [1.54, 1.807) is 17.9 Å². The van der Waals surface area contributed by atoms with Crippen LogP contribution in [0.2, 0.25) is 0 Å². The molecule has 1 saturated heterocycles. The SMILES string of the molecule is O=C(/C=C/c1cnc(N[C@@]2(CC3CCCC3)CCCNC2)cn1)NO. The van der Waals surface area contributed by atoms with Crippen LogP contribution in [0.3, 0.4) is 0 Å². The molecule has 7 nitrogen and oxygen atoms in total. The Bertz CT molecular complexity index is 590. The number of nitrogens with one attached hydrogen (secondary N) is 3. The zero-order valence-electron chi connectivity index (χ0n) is 14.5. The first-order valence-electron chi connectivity index (χ1n) is 9.12. The Balaban J connectivity index is 1.66. The van der Waals surface area contributed by atoms with Crippen molar-refractivity contribution in [1.82, 2.24) is 20.8 Å². The van der Waals surface area contributed by atoms with Gasteiger partial charge in [0.05, 0.1) is 23.6 Å². The second kappa shape index (κ2) is 8.40. The van der Waals surface area contributed by atoms with Gasteiger partial charge in [0.2, 0.25) is 0 Å². The highest BCUT2D eigenvalue weighted by Crippen LogP contribution is 2.36. The lowest BCUT2D eigenvalue weighted by Gasteiger charge is -2.40. The third-order valence-corrected chi connectivity index (χ3v) is 5.21. The highest BCUT2D eigenvalue weighted by Gasteiger charge is 2.35. The molecule has 1 aromatic heterocycles. The van der Waals surface area contributed by atoms with E-state index in [0.717, 1.165) is 31.2 Å². The maximum absolute atomic E-state index is 11.0. The third-order valence-electron chi connectivity index (χ3n) is 5.21. The summed E-state index contributed by atoms with van der Waals surface area (Å²) in [6.45, 7) is 2.04. The molecule has 1 amide bonds. The van der Waals surface area contributed by atoms with Gasteiger partial charge in [-0.3, -0.25) is 15.0 Å². The second-order valence-corrected chi connectivity index (χ2v) is 7.18. The van der Waals surface area contributed by atoms with E-state index in [2.05, 4.69) is 20.6 Å². The summed E-state index contributed by atoms with van der Waals surface area (Å²) in [5.74, 6) is 0.984. The Morgan fingerprint density at radius 3 is 2.80 bits per heavy atom. The van der Waals surface area contributed by atoms with Crippen LogP contribution < -0.4 is 16.1 Å². The Kier molecular flexibility index (Phi) is 5.99. The zero-order valence-corrected chi connectivity index (χ0v) is 14.5. The van der Waals surface area contributed by atoms with Crippen LogP contribution >= 0.6 is 0 Å². The van der Waals surface area contributed by atoms with Gasteiger partial charge in [0.25, 0.3) is 5.91 Å². The fourth-order valence-corrected chi connectivity index (χ4v) is 4.03. The van der Waals surface area contributed by atoms with Crippen LogP contribution in [-0.2, 0) is 4.79 Å². The predicted molar refractivity (Wildman–Crippen MR) is 96.0 cm³/mol. The number of anilines is 1. The van der Waals surface area contributed by atoms with Crippen molar-refractivity contribution in [3.8, 4) is 0 Å². The summed E-state index contributed by atoms with van der Waals surface area (Å²) >= 11 is 0. The average Bonchev–Trinajstić information content (AvgIpc) is 3.14. The topological polar surface area (TPSA) is 99.2 Å². The van der Waals surface area contributed by atoms with Gasteiger partial charge in [-0.1, -0.05) is 25.7 Å². The molecular weight excluding hydrogens is 318 g/mol. The molecule has 2 heterocycles. The van der Waals surface area contributed by atoms with Gasteiger partial charge in [0.1, 0.15) is 5.82 Å². The molecule has 0 unspecified atom stereocenters. The van der Waals surface area contributed by atoms with E-state index in [0.29, 0.717) is 5.69 Å². The molecule has 0 aromatic carbocycles. The lowest BCUT2D eigenvalue weighted by atomic mass is 9.81. The first-order valence-corrected chi connectivity index (χ1v) is 9.12. The van der Waals surface area contributed by atoms with E-state index >= 15 is 0 Å². The van der Waals surface area contributed by atoms with E-state index < -0.39 is 5.91 Å². The summed E-state index contributed by atoms with van der Waals surface area (Å²) in [5, 5.41) is 15.7. The molecule has 0 spiro atoms. The minimum absolute atomic E-state index is 0.0517. The molecule has 1 saturated carbocycles. The molecule has 1 atom stereocenters. The number of hydroxylamine groups is 1. The van der Waals surface area contributed by atoms with E-state index in [1.165, 1.54) is 50.7 Å². The summed E-state index contributed by atoms with van der Waals surface area (Å²) in [5.41, 5.74) is 2.17. The maximum atomic E-state index is 11.0. The molecule has 25 heavy (non-hydrogen) atoms. The van der Waals surface area contributed by atoms with Gasteiger partial charge in [0.15, 0.2) is 0 Å². The number of carbonyl (C=O) groups is 1. The smallest absolute Gasteiger partial charge is 0.267 e. The van der Waals surface area contributed by atoms with Gasteiger partial charge < -0.3 is 10.6 Å². The van der Waals surface area contributed by atoms with Crippen molar-refractivity contribution >= 4 is 17.8 Å². The summed E-state index contributed by atoms with van der Waals surface area (Å²) in [4.78, 5) is 19.8. The monoisotopic (exact) mass is 345 g/mol. The van der Waals surface area contributed by atoms with Crippen LogP contribution in [0.5, 0.6) is 0 Å². The first kappa shape index (κ1) is 17.8. The normalized spacial score (nSPS) is 24.5. The van der Waals surface area contributed by atoms with Crippen LogP contribution in [0.4, 0.5) is 5.82 Å². The standard InChI is InChI=1S/C18H27N5O2/c24-17(23-25)7-6-15-11-21-16(12-20-15)22-18(8-3-9-19-13-18)10-14-4-1-2-5-14/h6-7,11-12,14,19,25H,1-5,8-10,13H2,(H,21,22)(H,23,24)/b7-6+/t18-/m1/s1. The molecule has 0 bridgehead atoms. The van der Waals surface area contributed by atoms with Gasteiger partial charge in [-0.2, -0.15) is 0 Å². The molecule has 2 fully saturated rings. The molecule has 136 valence electrons. The number of aromatic nitrogens is 2. The minimum Gasteiger partial charge on any atom is -0.362 e. The lowest BCUT2D eigenvalue weighted by molar-refractivity contribution is -0.124. The average molecular weight is 345 g/mol. The largest absolute Gasteiger partial charge is 0.362 e. The van der Waals surface area contributed by atoms with Crippen LogP contribution in [0.15, 0.2) is 18.5 Å². The summed E-state index contributed by atoms with van der Waals surface area (Å²) in [6, 6.07) is 0. The molecule has 3 rings (SSSR count). The molecular formula is C18H27N5O2. The van der Waals surface area contributed by atoms with Gasteiger partial charge in [-0.15, -0.1) is 0 Å². The summed E-state index contributed by atoms with van der Waals surface area (Å²) < 4.78 is 0. The zero-order chi connectivity index (χ0) is 17.5. The molecule has 1 aliphatic carbocycles. The summed E-state index contributed by atoms with van der Waals surface area (Å²) in [7, 11) is 0. The van der Waals surface area contributed by atoms with Crippen LogP contribution in [0.1, 0.15) is 50.6 Å². The highest BCUT2D eigenvalue weighted by molar-refractivity contribution is 5.90. The van der Waals surface area contributed by atoms with Gasteiger partial charge in [0, 0.05) is 12.6 Å². The Morgan fingerprint density at radius 2 is 2.16 bits per heavy atom. The number of hydrogen-bond acceptors (Lipinski definition) is 6. The van der Waals surface area contributed by atoms with Crippen molar-refractivity contribution in [1.29, 1.82) is 0 Å². The van der Waals surface area contributed by atoms with Gasteiger partial charge in [-0.05, 0) is 37.8 Å². The molecule has 2 aliphatic rings. The molecule has 1 aromatic rings. The van der Waals surface area contributed by atoms with Crippen LogP contribution in [0.25, 0.3) is 6.08 Å². The quantitative estimate of drug-likeness (QED) is 0.358. The van der Waals surface area contributed by atoms with Crippen molar-refractivity contribution < 1.29 is 10.0 Å². The van der Waals surface area contributed by atoms with Gasteiger partial charge >= 0.3 is 0 Å². The van der Waals surface area contributed by atoms with Crippen molar-refractivity contribution in [3.05, 3.63) is 24.2 Å². The number of nitrogens with zero attached hydrogens (tertiary/aromatic N) is 2. The highest BCUT2D eigenvalue weighted by atomic mass is 16.5. The van der Waals surface area contributed by atoms with E-state index in [9.17, 15) is 4.79 Å². The van der Waals surface area contributed by atoms with Gasteiger partial charge in [-0.25, -0.2) is 10.5 Å². The first-order chi connectivity index (χ1) is 12.2. The van der Waals surface area contributed by atoms with Crippen LogP contribution in [-0.4, -0.2) is 39.7 Å². The van der Waals surface area contributed by atoms with Crippen molar-refractivity contribution in [3.63, 3.8) is 0 Å². The Morgan fingerprint density at radius 1 is 1.32 bits per heavy atom. The molecule has 1 aliphatic heterocycles. The second-order valence-electron chi connectivity index (χ2n) is 7.18. The number of amides is 1. The maximum Gasteiger partial charge on any atom is 0.267 e. The van der Waals surface area contributed by atoms with E-state index in [4.69, 9.17) is 5.21 Å². The van der Waals surface area contributed by atoms with E-state index in [-0.39, 0.29) is 5.54 Å². The van der Waals surface area contributed by atoms with Crippen molar-refractivity contribution in [2.45, 2.75) is 50.5 Å². The van der Waals surface area contributed by atoms with E-state index in [1.807, 2.05) is 0 Å². The summed E-state index contributed by atoms with van der Waals surface area (Å²) in [6.07, 6.45) is 15.0. The van der Waals surface area contributed by atoms with Crippen molar-refractivity contribution in [2.24, 2.45) is 5.92 Å². The third kappa shape index (κ3) is 4.99. The number of rotatable bonds is 6. The minimum atomic E-state index is -0.590. The number of piperidine rings is 1. The fraction of sp³-hybridized carbons (Fsp3) is 0.611. The number of hydrogen-bond donors (Lipinski definition) is 4. The number of carbonyl (C=O) groups excluding carboxylic acids is 1. The predicted octanol–water partition coefficient (Wildman–Crippen LogP) is 2.11. The Hall–Kier alpha value is -1.99.